The lowest BCUT2D eigenvalue weighted by Crippen LogP contribution is -2.14. The molecule has 0 fully saturated rings. The monoisotopic (exact) mass is 197 g/mol. The molecule has 0 spiro atoms. The summed E-state index contributed by atoms with van der Waals surface area (Å²) in [7, 11) is -3.55. The number of rotatable bonds is 1. The summed E-state index contributed by atoms with van der Waals surface area (Å²) in [6, 6.07) is 0. The lowest BCUT2D eigenvalue weighted by Gasteiger charge is -1.98. The van der Waals surface area contributed by atoms with Gasteiger partial charge in [-0.25, -0.2) is 13.6 Å². The molecule has 0 saturated heterocycles. The SMILES string of the molecule is NS(=O)(=O)/C1=C/C=C\C=C/C=C\C1. The normalized spacial score (nSPS) is 28.8. The average molecular weight is 197 g/mol. The summed E-state index contributed by atoms with van der Waals surface area (Å²) in [5.41, 5.74) is 0. The quantitative estimate of drug-likeness (QED) is 0.687. The molecule has 1 aliphatic carbocycles. The van der Waals surface area contributed by atoms with Crippen LogP contribution in [0.15, 0.2) is 47.4 Å². The van der Waals surface area contributed by atoms with Crippen molar-refractivity contribution in [1.82, 2.24) is 0 Å². The van der Waals surface area contributed by atoms with Crippen LogP contribution in [-0.4, -0.2) is 8.42 Å². The Kier molecular flexibility index (Phi) is 3.22. The van der Waals surface area contributed by atoms with E-state index < -0.39 is 10.0 Å². The maximum atomic E-state index is 11.0. The third-order valence-corrected chi connectivity index (χ3v) is 2.58. The molecule has 2 N–H and O–H groups in total. The van der Waals surface area contributed by atoms with Gasteiger partial charge >= 0.3 is 0 Å². The van der Waals surface area contributed by atoms with Crippen LogP contribution in [0.3, 0.4) is 0 Å². The molecule has 0 radical (unpaired) electrons. The summed E-state index contributed by atoms with van der Waals surface area (Å²) in [5, 5.41) is 5.00. The van der Waals surface area contributed by atoms with Crippen LogP contribution < -0.4 is 5.14 Å². The van der Waals surface area contributed by atoms with E-state index in [4.69, 9.17) is 5.14 Å². The minimum Gasteiger partial charge on any atom is -0.225 e. The summed E-state index contributed by atoms with van der Waals surface area (Å²) in [6.07, 6.45) is 12.4. The van der Waals surface area contributed by atoms with Gasteiger partial charge in [0.1, 0.15) is 0 Å². The van der Waals surface area contributed by atoms with Gasteiger partial charge in [0, 0.05) is 6.42 Å². The van der Waals surface area contributed by atoms with Gasteiger partial charge in [0.25, 0.3) is 0 Å². The van der Waals surface area contributed by atoms with Crippen molar-refractivity contribution in [2.24, 2.45) is 5.14 Å². The van der Waals surface area contributed by atoms with Gasteiger partial charge in [-0.05, 0) is 6.08 Å². The van der Waals surface area contributed by atoms with Crippen molar-refractivity contribution in [2.75, 3.05) is 0 Å². The zero-order valence-electron chi connectivity index (χ0n) is 7.05. The van der Waals surface area contributed by atoms with Crippen LogP contribution in [0.5, 0.6) is 0 Å². The Labute approximate surface area is 78.0 Å². The molecular weight excluding hydrogens is 186 g/mol. The minimum atomic E-state index is -3.55. The van der Waals surface area contributed by atoms with E-state index in [1.807, 2.05) is 12.2 Å². The van der Waals surface area contributed by atoms with Gasteiger partial charge in [0.2, 0.25) is 10.0 Å². The van der Waals surface area contributed by atoms with Crippen LogP contribution in [0.4, 0.5) is 0 Å². The van der Waals surface area contributed by atoms with Crippen molar-refractivity contribution in [1.29, 1.82) is 0 Å². The van der Waals surface area contributed by atoms with Crippen LogP contribution in [-0.2, 0) is 10.0 Å². The third kappa shape index (κ3) is 3.40. The van der Waals surface area contributed by atoms with Crippen LogP contribution in [0.25, 0.3) is 0 Å². The second-order valence-corrected chi connectivity index (χ2v) is 4.19. The Balaban J connectivity index is 2.99. The first-order valence-corrected chi connectivity index (χ1v) is 5.37. The predicted octanol–water partition coefficient (Wildman–Crippen LogP) is 1.23. The number of sulfonamides is 1. The lowest BCUT2D eigenvalue weighted by molar-refractivity contribution is 0.603. The molecule has 0 unspecified atom stereocenters. The van der Waals surface area contributed by atoms with Gasteiger partial charge in [-0.15, -0.1) is 0 Å². The van der Waals surface area contributed by atoms with E-state index >= 15 is 0 Å². The first-order chi connectivity index (χ1) is 6.11. The van der Waals surface area contributed by atoms with Gasteiger partial charge in [-0.1, -0.05) is 36.5 Å². The molecule has 0 aromatic rings. The highest BCUT2D eigenvalue weighted by atomic mass is 32.2. The molecule has 0 aromatic heterocycles. The van der Waals surface area contributed by atoms with Crippen molar-refractivity contribution >= 4 is 10.0 Å². The maximum Gasteiger partial charge on any atom is 0.234 e. The molecule has 3 nitrogen and oxygen atoms in total. The first kappa shape index (κ1) is 9.95. The smallest absolute Gasteiger partial charge is 0.225 e. The van der Waals surface area contributed by atoms with Crippen molar-refractivity contribution < 1.29 is 8.42 Å². The minimum absolute atomic E-state index is 0.226. The zero-order valence-corrected chi connectivity index (χ0v) is 7.87. The fourth-order valence-electron chi connectivity index (χ4n) is 0.897. The van der Waals surface area contributed by atoms with Crippen LogP contribution >= 0.6 is 0 Å². The van der Waals surface area contributed by atoms with Crippen molar-refractivity contribution in [3.63, 3.8) is 0 Å². The molecule has 4 heteroatoms. The average Bonchev–Trinajstić information content (AvgIpc) is 2.14. The van der Waals surface area contributed by atoms with Gasteiger partial charge in [-0.2, -0.15) is 0 Å². The van der Waals surface area contributed by atoms with E-state index in [1.54, 1.807) is 24.3 Å². The number of nitrogens with two attached hydrogens (primary N) is 1. The van der Waals surface area contributed by atoms with Crippen molar-refractivity contribution in [3.8, 4) is 0 Å². The highest BCUT2D eigenvalue weighted by Crippen LogP contribution is 2.09. The van der Waals surface area contributed by atoms with Crippen molar-refractivity contribution in [2.45, 2.75) is 6.42 Å². The van der Waals surface area contributed by atoms with Gasteiger partial charge in [0.05, 0.1) is 4.91 Å². The molecule has 0 aromatic carbocycles. The Morgan fingerprint density at radius 1 is 1.08 bits per heavy atom. The highest BCUT2D eigenvalue weighted by molar-refractivity contribution is 7.93. The maximum absolute atomic E-state index is 11.0. The molecule has 0 bridgehead atoms. The first-order valence-electron chi connectivity index (χ1n) is 3.82. The molecular formula is C9H11NO2S. The van der Waals surface area contributed by atoms with Crippen LogP contribution in [0.1, 0.15) is 6.42 Å². The summed E-state index contributed by atoms with van der Waals surface area (Å²) < 4.78 is 22.0. The van der Waals surface area contributed by atoms with E-state index in [1.165, 1.54) is 6.08 Å². The second-order valence-electron chi connectivity index (χ2n) is 2.58. The van der Waals surface area contributed by atoms with E-state index in [0.29, 0.717) is 6.42 Å². The van der Waals surface area contributed by atoms with Gasteiger partial charge in [-0.3, -0.25) is 0 Å². The van der Waals surface area contributed by atoms with Gasteiger partial charge in [0.15, 0.2) is 0 Å². The topological polar surface area (TPSA) is 60.2 Å². The number of hydrogen-bond acceptors (Lipinski definition) is 2. The van der Waals surface area contributed by atoms with Crippen molar-refractivity contribution in [3.05, 3.63) is 47.4 Å². The molecule has 0 saturated carbocycles. The summed E-state index contributed by atoms with van der Waals surface area (Å²) in [6.45, 7) is 0. The Morgan fingerprint density at radius 3 is 2.38 bits per heavy atom. The largest absolute Gasteiger partial charge is 0.234 e. The number of primary sulfonamides is 1. The molecule has 0 atom stereocenters. The lowest BCUT2D eigenvalue weighted by atomic mass is 10.3. The molecule has 0 aliphatic heterocycles. The number of hydrogen-bond donors (Lipinski definition) is 1. The zero-order chi connectivity index (χ0) is 9.73. The fraction of sp³-hybridized carbons (Fsp3) is 0.111. The standard InChI is InChI=1S/C9H11NO2S/c10-13(11,12)9-7-5-3-1-2-4-6-8-9/h1-7H,8H2,(H2,10,11,12)/b2-1-,5-3-,6-4-,9-7+. The fourth-order valence-corrected chi connectivity index (χ4v) is 1.49. The molecule has 13 heavy (non-hydrogen) atoms. The van der Waals surface area contributed by atoms with E-state index in [9.17, 15) is 8.42 Å². The van der Waals surface area contributed by atoms with Gasteiger partial charge < -0.3 is 0 Å². The molecule has 0 amide bonds. The molecule has 1 rings (SSSR count). The Bertz CT molecular complexity index is 386. The van der Waals surface area contributed by atoms with E-state index in [-0.39, 0.29) is 4.91 Å². The second kappa shape index (κ2) is 4.20. The van der Waals surface area contributed by atoms with E-state index in [2.05, 4.69) is 0 Å². The third-order valence-electron chi connectivity index (χ3n) is 1.55. The molecule has 1 aliphatic rings. The highest BCUT2D eigenvalue weighted by Gasteiger charge is 2.08. The Morgan fingerprint density at radius 2 is 1.69 bits per heavy atom. The summed E-state index contributed by atoms with van der Waals surface area (Å²) in [5.74, 6) is 0. The van der Waals surface area contributed by atoms with E-state index in [0.717, 1.165) is 0 Å². The number of allylic oxidation sites excluding steroid dienone is 8. The summed E-state index contributed by atoms with van der Waals surface area (Å²) in [4.78, 5) is 0.226. The summed E-state index contributed by atoms with van der Waals surface area (Å²) >= 11 is 0. The molecule has 70 valence electrons. The molecule has 0 heterocycles. The Hall–Kier alpha value is -1.13. The van der Waals surface area contributed by atoms with Crippen LogP contribution in [0.2, 0.25) is 0 Å². The van der Waals surface area contributed by atoms with Crippen LogP contribution in [0, 0.1) is 0 Å². The predicted molar refractivity (Wildman–Crippen MR) is 53.2 cm³/mol.